The molecule has 2 amide bonds. The number of likely N-dealkylation sites (N-methyl/N-ethyl adjacent to an activating group) is 1. The molecule has 0 bridgehead atoms. The summed E-state index contributed by atoms with van der Waals surface area (Å²) in [5, 5.41) is 6.65. The molecule has 1 heterocycles. The van der Waals surface area contributed by atoms with Crippen LogP contribution in [0.4, 0.5) is 0 Å². The number of ether oxygens (including phenoxy) is 1. The maximum Gasteiger partial charge on any atom is 0.253 e. The summed E-state index contributed by atoms with van der Waals surface area (Å²) in [6.07, 6.45) is 1.72. The monoisotopic (exact) mass is 574 g/mol. The molecule has 0 aromatic heterocycles. The first-order valence-electron chi connectivity index (χ1n) is 11.2. The average molecular weight is 575 g/mol. The maximum absolute atomic E-state index is 12.2. The Morgan fingerprint density at radius 2 is 1.76 bits per heavy atom. The zero-order valence-electron chi connectivity index (χ0n) is 20.3. The molecule has 1 aromatic carbocycles. The number of hydrogen-bond acceptors (Lipinski definition) is 5. The largest absolute Gasteiger partial charge is 0.379 e. The van der Waals surface area contributed by atoms with Gasteiger partial charge in [-0.25, -0.2) is 4.99 Å². The Labute approximate surface area is 214 Å². The summed E-state index contributed by atoms with van der Waals surface area (Å²) in [6, 6.07) is 7.66. The topological polar surface area (TPSA) is 89.5 Å². The molecule has 1 aliphatic heterocycles. The van der Waals surface area contributed by atoms with Gasteiger partial charge in [0.2, 0.25) is 5.91 Å². The number of guanidine groups is 1. The standard InChI is InChI=1S/C23H38N6O3.HI/c1-27(2)21(30)18-26-23(24-10-6-12-29-13-15-32-16-14-29)25-11-9-19-7-5-8-20(17-19)22(31)28(3)4;/h5,7-8,17H,6,9-16,18H2,1-4H3,(H2,24,25,26);1H. The summed E-state index contributed by atoms with van der Waals surface area (Å²) in [4.78, 5) is 34.1. The zero-order valence-corrected chi connectivity index (χ0v) is 22.6. The number of carbonyl (C=O) groups is 2. The van der Waals surface area contributed by atoms with Gasteiger partial charge in [-0.1, -0.05) is 12.1 Å². The molecule has 10 heteroatoms. The van der Waals surface area contributed by atoms with E-state index in [4.69, 9.17) is 4.74 Å². The number of amides is 2. The predicted molar refractivity (Wildman–Crippen MR) is 142 cm³/mol. The molecule has 2 rings (SSSR count). The quantitative estimate of drug-likeness (QED) is 0.187. The Morgan fingerprint density at radius 3 is 2.42 bits per heavy atom. The van der Waals surface area contributed by atoms with Gasteiger partial charge in [0.25, 0.3) is 5.91 Å². The van der Waals surface area contributed by atoms with Crippen molar-refractivity contribution in [1.29, 1.82) is 0 Å². The molecule has 1 saturated heterocycles. The fourth-order valence-electron chi connectivity index (χ4n) is 3.24. The van der Waals surface area contributed by atoms with Crippen LogP contribution >= 0.6 is 24.0 Å². The van der Waals surface area contributed by atoms with Gasteiger partial charge in [-0.05, 0) is 37.1 Å². The Bertz CT molecular complexity index is 766. The van der Waals surface area contributed by atoms with Crippen LogP contribution in [0, 0.1) is 0 Å². The number of rotatable bonds is 10. The van der Waals surface area contributed by atoms with E-state index in [9.17, 15) is 9.59 Å². The normalized spacial score (nSPS) is 14.2. The van der Waals surface area contributed by atoms with Crippen LogP contribution < -0.4 is 10.6 Å². The molecule has 2 N–H and O–H groups in total. The fraction of sp³-hybridized carbons (Fsp3) is 0.609. The van der Waals surface area contributed by atoms with Crippen molar-refractivity contribution in [2.45, 2.75) is 12.8 Å². The maximum atomic E-state index is 12.2. The molecule has 1 fully saturated rings. The highest BCUT2D eigenvalue weighted by atomic mass is 127. The van der Waals surface area contributed by atoms with E-state index in [-0.39, 0.29) is 42.3 Å². The van der Waals surface area contributed by atoms with Gasteiger partial charge >= 0.3 is 0 Å². The van der Waals surface area contributed by atoms with Crippen LogP contribution in [0.5, 0.6) is 0 Å². The van der Waals surface area contributed by atoms with E-state index in [0.717, 1.165) is 57.8 Å². The highest BCUT2D eigenvalue weighted by molar-refractivity contribution is 14.0. The van der Waals surface area contributed by atoms with Crippen molar-refractivity contribution in [3.05, 3.63) is 35.4 Å². The fourth-order valence-corrected chi connectivity index (χ4v) is 3.24. The van der Waals surface area contributed by atoms with Crippen LogP contribution in [0.1, 0.15) is 22.3 Å². The Morgan fingerprint density at radius 1 is 1.06 bits per heavy atom. The summed E-state index contributed by atoms with van der Waals surface area (Å²) in [7, 11) is 6.95. The predicted octanol–water partition coefficient (Wildman–Crippen LogP) is 0.895. The number of benzene rings is 1. The van der Waals surface area contributed by atoms with Crippen LogP contribution in [0.15, 0.2) is 29.3 Å². The van der Waals surface area contributed by atoms with E-state index in [1.54, 1.807) is 33.1 Å². The second-order valence-corrected chi connectivity index (χ2v) is 8.26. The number of carbonyl (C=O) groups excluding carboxylic acids is 2. The molecular weight excluding hydrogens is 535 g/mol. The van der Waals surface area contributed by atoms with E-state index >= 15 is 0 Å². The molecule has 0 aliphatic carbocycles. The molecular formula is C23H39IN6O3. The highest BCUT2D eigenvalue weighted by Crippen LogP contribution is 2.07. The number of halogens is 1. The van der Waals surface area contributed by atoms with Crippen molar-refractivity contribution >= 4 is 41.8 Å². The SMILES string of the molecule is CN(C)C(=O)CN=C(NCCCN1CCOCC1)NCCc1cccc(C(=O)N(C)C)c1.I. The summed E-state index contributed by atoms with van der Waals surface area (Å²) >= 11 is 0. The summed E-state index contributed by atoms with van der Waals surface area (Å²) in [5.41, 5.74) is 1.75. The molecule has 0 radical (unpaired) electrons. The molecule has 186 valence electrons. The van der Waals surface area contributed by atoms with Crippen LogP contribution in [0.25, 0.3) is 0 Å². The van der Waals surface area contributed by atoms with Gasteiger partial charge in [0.1, 0.15) is 6.54 Å². The van der Waals surface area contributed by atoms with Crippen molar-refractivity contribution in [3.8, 4) is 0 Å². The second-order valence-electron chi connectivity index (χ2n) is 8.26. The van der Waals surface area contributed by atoms with E-state index < -0.39 is 0 Å². The molecule has 1 aromatic rings. The average Bonchev–Trinajstić information content (AvgIpc) is 2.79. The molecule has 33 heavy (non-hydrogen) atoms. The molecule has 9 nitrogen and oxygen atoms in total. The van der Waals surface area contributed by atoms with Crippen molar-refractivity contribution < 1.29 is 14.3 Å². The van der Waals surface area contributed by atoms with Gasteiger partial charge in [-0.15, -0.1) is 24.0 Å². The smallest absolute Gasteiger partial charge is 0.253 e. The zero-order chi connectivity index (χ0) is 23.3. The van der Waals surface area contributed by atoms with Crippen molar-refractivity contribution in [1.82, 2.24) is 25.3 Å². The lowest BCUT2D eigenvalue weighted by molar-refractivity contribution is -0.127. The molecule has 1 aliphatic rings. The Kier molecular flexibility index (Phi) is 14.0. The van der Waals surface area contributed by atoms with Gasteiger partial charge in [0.15, 0.2) is 5.96 Å². The lowest BCUT2D eigenvalue weighted by atomic mass is 10.1. The highest BCUT2D eigenvalue weighted by Gasteiger charge is 2.11. The molecule has 0 atom stereocenters. The third kappa shape index (κ3) is 11.2. The lowest BCUT2D eigenvalue weighted by Gasteiger charge is -2.26. The first-order chi connectivity index (χ1) is 15.4. The van der Waals surface area contributed by atoms with E-state index in [0.29, 0.717) is 18.1 Å². The van der Waals surface area contributed by atoms with E-state index in [1.807, 2.05) is 24.3 Å². The number of aliphatic imine (C=N–C) groups is 1. The number of hydrogen-bond donors (Lipinski definition) is 2. The minimum atomic E-state index is -0.0469. The van der Waals surface area contributed by atoms with Gasteiger partial charge in [0.05, 0.1) is 13.2 Å². The van der Waals surface area contributed by atoms with Gasteiger partial charge in [-0.3, -0.25) is 14.5 Å². The summed E-state index contributed by atoms with van der Waals surface area (Å²) in [6.45, 7) is 6.08. The first-order valence-corrected chi connectivity index (χ1v) is 11.2. The van der Waals surface area contributed by atoms with Crippen LogP contribution in [0.3, 0.4) is 0 Å². The van der Waals surface area contributed by atoms with Gasteiger partial charge in [0, 0.05) is 59.9 Å². The minimum absolute atomic E-state index is 0. The van der Waals surface area contributed by atoms with E-state index in [1.165, 1.54) is 4.90 Å². The third-order valence-corrected chi connectivity index (χ3v) is 5.20. The van der Waals surface area contributed by atoms with Crippen molar-refractivity contribution in [3.63, 3.8) is 0 Å². The van der Waals surface area contributed by atoms with Gasteiger partial charge < -0.3 is 25.2 Å². The Hall–Kier alpha value is -1.92. The molecule has 0 unspecified atom stereocenters. The van der Waals surface area contributed by atoms with Crippen molar-refractivity contribution in [2.24, 2.45) is 4.99 Å². The van der Waals surface area contributed by atoms with Crippen LogP contribution in [-0.2, 0) is 16.0 Å². The van der Waals surface area contributed by atoms with E-state index in [2.05, 4.69) is 20.5 Å². The number of nitrogens with one attached hydrogen (secondary N) is 2. The number of morpholine rings is 1. The lowest BCUT2D eigenvalue weighted by Crippen LogP contribution is -2.41. The van der Waals surface area contributed by atoms with Crippen molar-refractivity contribution in [2.75, 3.05) is 80.7 Å². The number of nitrogens with zero attached hydrogens (tertiary/aromatic N) is 4. The first kappa shape index (κ1) is 29.1. The molecule has 0 spiro atoms. The summed E-state index contributed by atoms with van der Waals surface area (Å²) < 4.78 is 5.39. The molecule has 0 saturated carbocycles. The van der Waals surface area contributed by atoms with Crippen LogP contribution in [0.2, 0.25) is 0 Å². The minimum Gasteiger partial charge on any atom is -0.379 e. The third-order valence-electron chi connectivity index (χ3n) is 5.20. The second kappa shape index (κ2) is 15.8. The summed E-state index contributed by atoms with van der Waals surface area (Å²) in [5.74, 6) is 0.572. The van der Waals surface area contributed by atoms with Crippen LogP contribution in [-0.4, -0.2) is 113 Å². The Balaban J connectivity index is 0.00000544. The van der Waals surface area contributed by atoms with Gasteiger partial charge in [-0.2, -0.15) is 0 Å².